The largest absolute Gasteiger partial charge is 0.339 e. The number of pyridine rings is 1. The van der Waals surface area contributed by atoms with Gasteiger partial charge in [0.15, 0.2) is 5.78 Å². The number of ketones is 1. The summed E-state index contributed by atoms with van der Waals surface area (Å²) in [6.07, 6.45) is 10.6. The zero-order valence-corrected chi connectivity index (χ0v) is 25.3. The molecule has 4 rings (SSSR count). The molecule has 1 aromatic heterocycles. The predicted molar refractivity (Wildman–Crippen MR) is 160 cm³/mol. The van der Waals surface area contributed by atoms with Crippen molar-refractivity contribution in [2.45, 2.75) is 96.6 Å². The van der Waals surface area contributed by atoms with Crippen LogP contribution in [0.1, 0.15) is 92.6 Å². The molecule has 5 nitrogen and oxygen atoms in total. The summed E-state index contributed by atoms with van der Waals surface area (Å²) in [5, 5.41) is 0.474. The number of Topliss-reactive ketones (excluding diaryl/α,β-unsaturated/α-hetero) is 1. The number of rotatable bonds is 11. The number of hydrogen-bond acceptors (Lipinski definition) is 4. The summed E-state index contributed by atoms with van der Waals surface area (Å²) < 4.78 is 13.4. The monoisotopic (exact) mass is 589 g/mol. The van der Waals surface area contributed by atoms with Gasteiger partial charge in [0.25, 0.3) is 0 Å². The van der Waals surface area contributed by atoms with Crippen molar-refractivity contribution >= 4 is 34.9 Å². The lowest BCUT2D eigenvalue weighted by Gasteiger charge is -2.42. The molecule has 1 saturated carbocycles. The lowest BCUT2D eigenvalue weighted by Crippen LogP contribution is -2.51. The van der Waals surface area contributed by atoms with E-state index in [1.165, 1.54) is 44.2 Å². The van der Waals surface area contributed by atoms with Crippen LogP contribution in [0, 0.1) is 18.7 Å². The van der Waals surface area contributed by atoms with Crippen molar-refractivity contribution in [3.05, 3.63) is 63.1 Å². The van der Waals surface area contributed by atoms with Crippen molar-refractivity contribution in [3.63, 3.8) is 0 Å². The predicted octanol–water partition coefficient (Wildman–Crippen LogP) is 7.69. The van der Waals surface area contributed by atoms with E-state index in [9.17, 15) is 14.0 Å². The third-order valence-corrected chi connectivity index (χ3v) is 9.24. The summed E-state index contributed by atoms with van der Waals surface area (Å²) in [5.41, 5.74) is 2.10. The molecule has 0 bridgehead atoms. The molecule has 2 aliphatic rings. The van der Waals surface area contributed by atoms with E-state index in [0.29, 0.717) is 35.5 Å². The molecule has 40 heavy (non-hydrogen) atoms. The molecule has 1 aromatic carbocycles. The second kappa shape index (κ2) is 14.7. The number of hydrogen-bond donors (Lipinski definition) is 0. The number of benzene rings is 1. The second-order valence-corrected chi connectivity index (χ2v) is 12.5. The second-order valence-electron chi connectivity index (χ2n) is 11.7. The number of carbonyl (C=O) groups is 2. The maximum atomic E-state index is 13.5. The highest BCUT2D eigenvalue weighted by atomic mass is 35.5. The first kappa shape index (κ1) is 30.9. The highest BCUT2D eigenvalue weighted by Crippen LogP contribution is 2.29. The van der Waals surface area contributed by atoms with Gasteiger partial charge >= 0.3 is 0 Å². The van der Waals surface area contributed by atoms with Gasteiger partial charge in [0.1, 0.15) is 16.1 Å². The van der Waals surface area contributed by atoms with Gasteiger partial charge in [-0.1, -0.05) is 54.6 Å². The molecule has 1 atom stereocenters. The van der Waals surface area contributed by atoms with Crippen LogP contribution in [0.3, 0.4) is 0 Å². The Kier molecular flexibility index (Phi) is 11.4. The Labute approximate surface area is 248 Å². The topological polar surface area (TPSA) is 53.5 Å². The Balaban J connectivity index is 1.29. The molecule has 2 heterocycles. The minimum Gasteiger partial charge on any atom is -0.339 e. The Morgan fingerprint density at radius 2 is 1.75 bits per heavy atom. The van der Waals surface area contributed by atoms with Gasteiger partial charge in [0.05, 0.1) is 12.0 Å². The minimum atomic E-state index is -0.276. The Bertz CT molecular complexity index is 1120. The van der Waals surface area contributed by atoms with Crippen molar-refractivity contribution in [3.8, 4) is 0 Å². The third-order valence-electron chi connectivity index (χ3n) is 8.78. The van der Waals surface area contributed by atoms with E-state index in [1.54, 1.807) is 18.2 Å². The maximum Gasteiger partial charge on any atom is 0.227 e. The van der Waals surface area contributed by atoms with Crippen LogP contribution in [-0.2, 0) is 11.2 Å². The lowest BCUT2D eigenvalue weighted by molar-refractivity contribution is -0.135. The molecule has 1 amide bonds. The number of nitrogens with zero attached hydrogens (tertiary/aromatic N) is 3. The van der Waals surface area contributed by atoms with E-state index >= 15 is 0 Å². The fraction of sp³-hybridized carbons (Fsp3) is 0.594. The number of likely N-dealkylation sites (tertiary alicyclic amines) is 1. The molecule has 2 aromatic rings. The molecular formula is C32H42Cl2FN3O2. The third kappa shape index (κ3) is 8.50. The molecule has 1 aliphatic heterocycles. The average Bonchev–Trinajstić information content (AvgIpc) is 2.93. The van der Waals surface area contributed by atoms with Crippen LogP contribution < -0.4 is 0 Å². The van der Waals surface area contributed by atoms with E-state index in [0.717, 1.165) is 56.4 Å². The highest BCUT2D eigenvalue weighted by molar-refractivity contribution is 6.35. The fourth-order valence-corrected chi connectivity index (χ4v) is 7.05. The van der Waals surface area contributed by atoms with E-state index in [2.05, 4.69) is 21.7 Å². The first-order chi connectivity index (χ1) is 19.2. The average molecular weight is 591 g/mol. The standard InChI is InChI=1S/C32H42Cl2FN3O2/c1-22-19-29(33)36-32(34)31(22)28(39)10-6-7-23(2)37-17-15-27(16-18-37)38(21-25-8-4-3-5-9-25)30(40)20-24-11-13-26(35)14-12-24/h11-14,19,23,25,27H,3-10,15-18,20-21H2,1-2H3/t23-/m1/s1. The quantitative estimate of drug-likeness (QED) is 0.199. The molecule has 1 aliphatic carbocycles. The van der Waals surface area contributed by atoms with Gasteiger partial charge in [-0.3, -0.25) is 9.59 Å². The van der Waals surface area contributed by atoms with Crippen molar-refractivity contribution in [1.82, 2.24) is 14.8 Å². The van der Waals surface area contributed by atoms with Crippen LogP contribution in [0.5, 0.6) is 0 Å². The fourth-order valence-electron chi connectivity index (χ4n) is 6.42. The van der Waals surface area contributed by atoms with Gasteiger partial charge in [-0.05, 0) is 87.6 Å². The maximum absolute atomic E-state index is 13.5. The van der Waals surface area contributed by atoms with E-state index in [-0.39, 0.29) is 28.7 Å². The zero-order valence-electron chi connectivity index (χ0n) is 23.8. The van der Waals surface area contributed by atoms with Gasteiger partial charge in [0.2, 0.25) is 5.91 Å². The number of halogens is 3. The van der Waals surface area contributed by atoms with Crippen LogP contribution in [-0.4, -0.2) is 58.2 Å². The molecule has 0 radical (unpaired) electrons. The summed E-state index contributed by atoms with van der Waals surface area (Å²) in [7, 11) is 0. The van der Waals surface area contributed by atoms with E-state index < -0.39 is 0 Å². The Hall–Kier alpha value is -2.02. The number of piperidine rings is 1. The number of amides is 1. The van der Waals surface area contributed by atoms with E-state index in [4.69, 9.17) is 23.2 Å². The van der Waals surface area contributed by atoms with Gasteiger partial charge < -0.3 is 9.80 Å². The Morgan fingerprint density at radius 3 is 2.40 bits per heavy atom. The first-order valence-corrected chi connectivity index (χ1v) is 15.6. The van der Waals surface area contributed by atoms with Crippen molar-refractivity contribution < 1.29 is 14.0 Å². The number of aromatic nitrogens is 1. The highest BCUT2D eigenvalue weighted by Gasteiger charge is 2.31. The molecule has 218 valence electrons. The van der Waals surface area contributed by atoms with Crippen molar-refractivity contribution in [2.75, 3.05) is 19.6 Å². The molecule has 0 unspecified atom stereocenters. The molecule has 8 heteroatoms. The summed E-state index contributed by atoms with van der Waals surface area (Å²) >= 11 is 12.1. The van der Waals surface area contributed by atoms with Crippen LogP contribution in [0.4, 0.5) is 4.39 Å². The van der Waals surface area contributed by atoms with Crippen LogP contribution in [0.25, 0.3) is 0 Å². The summed E-state index contributed by atoms with van der Waals surface area (Å²) in [5.74, 6) is 0.471. The lowest BCUT2D eigenvalue weighted by atomic mass is 9.88. The van der Waals surface area contributed by atoms with Gasteiger partial charge in [-0.2, -0.15) is 0 Å². The molecule has 2 fully saturated rings. The van der Waals surface area contributed by atoms with Crippen LogP contribution in [0.2, 0.25) is 10.3 Å². The number of carbonyl (C=O) groups excluding carboxylic acids is 2. The summed E-state index contributed by atoms with van der Waals surface area (Å²) in [6, 6.07) is 8.58. The molecule has 0 spiro atoms. The van der Waals surface area contributed by atoms with Crippen LogP contribution in [0.15, 0.2) is 30.3 Å². The SMILES string of the molecule is Cc1cc(Cl)nc(Cl)c1C(=O)CCC[C@@H](C)N1CCC(N(CC2CCCCC2)C(=O)Cc2ccc(F)cc2)CC1. The normalized spacial score (nSPS) is 18.0. The smallest absolute Gasteiger partial charge is 0.227 e. The summed E-state index contributed by atoms with van der Waals surface area (Å²) in [6.45, 7) is 6.78. The summed E-state index contributed by atoms with van der Waals surface area (Å²) in [4.78, 5) is 35.0. The van der Waals surface area contributed by atoms with Gasteiger partial charge in [0, 0.05) is 38.1 Å². The van der Waals surface area contributed by atoms with Crippen molar-refractivity contribution in [1.29, 1.82) is 0 Å². The molecule has 0 N–H and O–H groups in total. The van der Waals surface area contributed by atoms with E-state index in [1.807, 2.05) is 6.92 Å². The zero-order chi connectivity index (χ0) is 28.6. The number of aryl methyl sites for hydroxylation is 1. The molecular weight excluding hydrogens is 548 g/mol. The van der Waals surface area contributed by atoms with Gasteiger partial charge in [-0.15, -0.1) is 0 Å². The van der Waals surface area contributed by atoms with Crippen molar-refractivity contribution in [2.24, 2.45) is 5.92 Å². The minimum absolute atomic E-state index is 0.00981. The Morgan fingerprint density at radius 1 is 1.07 bits per heavy atom. The van der Waals surface area contributed by atoms with Gasteiger partial charge in [-0.25, -0.2) is 9.37 Å². The first-order valence-electron chi connectivity index (χ1n) is 14.8. The van der Waals surface area contributed by atoms with Crippen LogP contribution >= 0.6 is 23.2 Å². The molecule has 1 saturated heterocycles.